The second kappa shape index (κ2) is 5.08. The Balaban J connectivity index is 2.15. The number of rotatable bonds is 2. The standard InChI is InChI=1S/C16H19N3S/c1-4-18-8-7-13-14(9-17)16(20-15(13)10-18)19-11(2)5-6-12(19)3/h5-6H,4,7-8,10H2,1-3H3. The number of hydrogen-bond donors (Lipinski definition) is 0. The molecule has 1 aliphatic heterocycles. The van der Waals surface area contributed by atoms with Crippen LogP contribution in [0, 0.1) is 25.2 Å². The molecule has 0 aromatic carbocycles. The maximum Gasteiger partial charge on any atom is 0.118 e. The van der Waals surface area contributed by atoms with Crippen LogP contribution in [0.2, 0.25) is 0 Å². The third kappa shape index (κ3) is 1.98. The molecule has 0 bridgehead atoms. The van der Waals surface area contributed by atoms with E-state index < -0.39 is 0 Å². The van der Waals surface area contributed by atoms with Gasteiger partial charge in [-0.05, 0) is 44.5 Å². The molecule has 0 N–H and O–H groups in total. The van der Waals surface area contributed by atoms with Gasteiger partial charge in [0.05, 0.1) is 5.56 Å². The van der Waals surface area contributed by atoms with Gasteiger partial charge in [-0.25, -0.2) is 0 Å². The Labute approximate surface area is 124 Å². The average Bonchev–Trinajstić information content (AvgIpc) is 2.97. The molecule has 0 saturated carbocycles. The highest BCUT2D eigenvalue weighted by atomic mass is 32.1. The second-order valence-corrected chi connectivity index (χ2v) is 6.45. The molecule has 3 heterocycles. The molecular formula is C16H19N3S. The van der Waals surface area contributed by atoms with Crippen molar-refractivity contribution in [1.82, 2.24) is 9.47 Å². The summed E-state index contributed by atoms with van der Waals surface area (Å²) in [6.45, 7) is 9.54. The minimum Gasteiger partial charge on any atom is -0.309 e. The lowest BCUT2D eigenvalue weighted by atomic mass is 10.0. The highest BCUT2D eigenvalue weighted by Crippen LogP contribution is 2.36. The van der Waals surface area contributed by atoms with E-state index in [0.29, 0.717) is 0 Å². The van der Waals surface area contributed by atoms with Gasteiger partial charge in [0.2, 0.25) is 0 Å². The largest absolute Gasteiger partial charge is 0.309 e. The third-order valence-electron chi connectivity index (χ3n) is 4.15. The highest BCUT2D eigenvalue weighted by molar-refractivity contribution is 7.15. The quantitative estimate of drug-likeness (QED) is 0.847. The molecule has 104 valence electrons. The zero-order valence-corrected chi connectivity index (χ0v) is 13.0. The van der Waals surface area contributed by atoms with Crippen LogP contribution < -0.4 is 0 Å². The van der Waals surface area contributed by atoms with Crippen molar-refractivity contribution in [1.29, 1.82) is 5.26 Å². The lowest BCUT2D eigenvalue weighted by molar-refractivity contribution is 0.271. The summed E-state index contributed by atoms with van der Waals surface area (Å²) >= 11 is 1.79. The fourth-order valence-corrected chi connectivity index (χ4v) is 4.43. The molecule has 0 radical (unpaired) electrons. The van der Waals surface area contributed by atoms with E-state index in [1.165, 1.54) is 21.8 Å². The van der Waals surface area contributed by atoms with Crippen molar-refractivity contribution >= 4 is 11.3 Å². The van der Waals surface area contributed by atoms with E-state index in [9.17, 15) is 5.26 Å². The number of aryl methyl sites for hydroxylation is 2. The Morgan fingerprint density at radius 2 is 2.00 bits per heavy atom. The molecule has 0 spiro atoms. The van der Waals surface area contributed by atoms with Crippen LogP contribution >= 0.6 is 11.3 Å². The number of likely N-dealkylation sites (N-methyl/N-ethyl adjacent to an activating group) is 1. The highest BCUT2D eigenvalue weighted by Gasteiger charge is 2.25. The molecule has 3 nitrogen and oxygen atoms in total. The summed E-state index contributed by atoms with van der Waals surface area (Å²) in [5.74, 6) is 0. The Kier molecular flexibility index (Phi) is 3.41. The van der Waals surface area contributed by atoms with Crippen molar-refractivity contribution in [3.05, 3.63) is 39.5 Å². The Bertz CT molecular complexity index is 668. The van der Waals surface area contributed by atoms with Crippen LogP contribution in [0.25, 0.3) is 5.00 Å². The minimum atomic E-state index is 0.892. The monoisotopic (exact) mass is 285 g/mol. The number of nitriles is 1. The summed E-state index contributed by atoms with van der Waals surface area (Å²) in [6.07, 6.45) is 1.00. The van der Waals surface area contributed by atoms with E-state index in [1.54, 1.807) is 11.3 Å². The molecule has 0 unspecified atom stereocenters. The number of thiophene rings is 1. The SMILES string of the molecule is CCN1CCc2c(sc(-n3c(C)ccc3C)c2C#N)C1. The molecule has 0 atom stereocenters. The summed E-state index contributed by atoms with van der Waals surface area (Å²) < 4.78 is 2.22. The molecule has 2 aromatic heterocycles. The first-order valence-corrected chi connectivity index (χ1v) is 7.89. The molecule has 0 saturated heterocycles. The first-order chi connectivity index (χ1) is 9.65. The molecule has 0 amide bonds. The Hall–Kier alpha value is -1.57. The van der Waals surface area contributed by atoms with Crippen LogP contribution in [0.3, 0.4) is 0 Å². The van der Waals surface area contributed by atoms with Gasteiger partial charge in [0.1, 0.15) is 11.1 Å². The van der Waals surface area contributed by atoms with E-state index in [4.69, 9.17) is 0 Å². The van der Waals surface area contributed by atoms with Crippen LogP contribution in [0.5, 0.6) is 0 Å². The first kappa shape index (κ1) is 13.4. The van der Waals surface area contributed by atoms with Crippen LogP contribution in [-0.2, 0) is 13.0 Å². The van der Waals surface area contributed by atoms with Crippen LogP contribution in [0.4, 0.5) is 0 Å². The summed E-state index contributed by atoms with van der Waals surface area (Å²) in [7, 11) is 0. The molecule has 3 rings (SSSR count). The van der Waals surface area contributed by atoms with Gasteiger partial charge in [0, 0.05) is 29.4 Å². The van der Waals surface area contributed by atoms with E-state index in [0.717, 1.165) is 36.6 Å². The molecule has 4 heteroatoms. The smallest absolute Gasteiger partial charge is 0.118 e. The van der Waals surface area contributed by atoms with E-state index in [2.05, 4.69) is 48.4 Å². The van der Waals surface area contributed by atoms with Gasteiger partial charge >= 0.3 is 0 Å². The maximum atomic E-state index is 9.60. The normalized spacial score (nSPS) is 15.1. The van der Waals surface area contributed by atoms with Crippen molar-refractivity contribution < 1.29 is 0 Å². The summed E-state index contributed by atoms with van der Waals surface area (Å²) in [6, 6.07) is 6.69. The first-order valence-electron chi connectivity index (χ1n) is 7.08. The van der Waals surface area contributed by atoms with Gasteiger partial charge in [0.15, 0.2) is 0 Å². The van der Waals surface area contributed by atoms with E-state index in [-0.39, 0.29) is 0 Å². The van der Waals surface area contributed by atoms with Gasteiger partial charge in [-0.1, -0.05) is 6.92 Å². The third-order valence-corrected chi connectivity index (χ3v) is 5.35. The molecule has 0 fully saturated rings. The van der Waals surface area contributed by atoms with Crippen molar-refractivity contribution in [2.45, 2.75) is 33.7 Å². The van der Waals surface area contributed by atoms with Crippen molar-refractivity contribution in [2.24, 2.45) is 0 Å². The van der Waals surface area contributed by atoms with Crippen molar-refractivity contribution in [3.63, 3.8) is 0 Å². The number of aromatic nitrogens is 1. The lowest BCUT2D eigenvalue weighted by Crippen LogP contribution is -2.29. The van der Waals surface area contributed by atoms with Gasteiger partial charge in [-0.2, -0.15) is 5.26 Å². The predicted octanol–water partition coefficient (Wildman–Crippen LogP) is 3.41. The summed E-state index contributed by atoms with van der Waals surface area (Å²) in [5, 5.41) is 10.7. The number of fused-ring (bicyclic) bond motifs is 1. The van der Waals surface area contributed by atoms with Gasteiger partial charge < -0.3 is 4.57 Å². The minimum absolute atomic E-state index is 0.892. The van der Waals surface area contributed by atoms with Crippen LogP contribution in [0.15, 0.2) is 12.1 Å². The molecule has 1 aliphatic rings. The second-order valence-electron chi connectivity index (χ2n) is 5.37. The summed E-state index contributed by atoms with van der Waals surface area (Å²) in [5.41, 5.74) is 4.57. The molecule has 0 aliphatic carbocycles. The average molecular weight is 285 g/mol. The zero-order valence-electron chi connectivity index (χ0n) is 12.2. The fraction of sp³-hybridized carbons (Fsp3) is 0.438. The Morgan fingerprint density at radius 1 is 1.30 bits per heavy atom. The van der Waals surface area contributed by atoms with Gasteiger partial charge in [-0.15, -0.1) is 11.3 Å². The van der Waals surface area contributed by atoms with Crippen molar-refractivity contribution in [3.8, 4) is 11.1 Å². The van der Waals surface area contributed by atoms with E-state index >= 15 is 0 Å². The van der Waals surface area contributed by atoms with Crippen LogP contribution in [0.1, 0.15) is 34.3 Å². The molecular weight excluding hydrogens is 266 g/mol. The molecule has 20 heavy (non-hydrogen) atoms. The van der Waals surface area contributed by atoms with Crippen LogP contribution in [-0.4, -0.2) is 22.6 Å². The van der Waals surface area contributed by atoms with Gasteiger partial charge in [0.25, 0.3) is 0 Å². The predicted molar refractivity (Wildman–Crippen MR) is 82.5 cm³/mol. The van der Waals surface area contributed by atoms with E-state index in [1.807, 2.05) is 0 Å². The lowest BCUT2D eigenvalue weighted by Gasteiger charge is -2.24. The fourth-order valence-electron chi connectivity index (χ4n) is 2.97. The number of nitrogens with zero attached hydrogens (tertiary/aromatic N) is 3. The van der Waals surface area contributed by atoms with Crippen molar-refractivity contribution in [2.75, 3.05) is 13.1 Å². The topological polar surface area (TPSA) is 32.0 Å². The molecule has 2 aromatic rings. The zero-order chi connectivity index (χ0) is 14.3. The summed E-state index contributed by atoms with van der Waals surface area (Å²) in [4.78, 5) is 3.82. The maximum absolute atomic E-state index is 9.60. The Morgan fingerprint density at radius 3 is 2.60 bits per heavy atom. The number of hydrogen-bond acceptors (Lipinski definition) is 3. The van der Waals surface area contributed by atoms with Gasteiger partial charge in [-0.3, -0.25) is 4.90 Å².